The van der Waals surface area contributed by atoms with Crippen molar-refractivity contribution in [3.05, 3.63) is 44.3 Å². The van der Waals surface area contributed by atoms with Crippen molar-refractivity contribution >= 4 is 28.6 Å². The highest BCUT2D eigenvalue weighted by Crippen LogP contribution is 2.30. The summed E-state index contributed by atoms with van der Waals surface area (Å²) in [4.78, 5) is 14.0. The third-order valence-electron chi connectivity index (χ3n) is 4.22. The zero-order valence-electron chi connectivity index (χ0n) is 12.5. The minimum atomic E-state index is -0.556. The molecule has 0 spiro atoms. The maximum atomic E-state index is 11.9. The molecule has 1 aliphatic rings. The third kappa shape index (κ3) is 3.97. The molecule has 1 unspecified atom stereocenters. The summed E-state index contributed by atoms with van der Waals surface area (Å²) >= 11 is 3.15. The van der Waals surface area contributed by atoms with Gasteiger partial charge >= 0.3 is 0 Å². The maximum absolute atomic E-state index is 11.9. The lowest BCUT2D eigenvalue weighted by Gasteiger charge is -2.09. The Morgan fingerprint density at radius 2 is 2.14 bits per heavy atom. The molecule has 22 heavy (non-hydrogen) atoms. The highest BCUT2D eigenvalue weighted by Gasteiger charge is 2.18. The van der Waals surface area contributed by atoms with Crippen LogP contribution in [0.3, 0.4) is 0 Å². The monoisotopic (exact) mass is 335 g/mol. The molecule has 0 saturated heterocycles. The quantitative estimate of drug-likeness (QED) is 0.835. The molecule has 1 saturated carbocycles. The van der Waals surface area contributed by atoms with Gasteiger partial charge in [-0.1, -0.05) is 12.8 Å². The first kappa shape index (κ1) is 15.7. The van der Waals surface area contributed by atoms with Crippen molar-refractivity contribution in [2.75, 3.05) is 0 Å². The van der Waals surface area contributed by atoms with Gasteiger partial charge in [-0.2, -0.15) is 11.3 Å². The number of carbonyl (C=O) groups excluding carboxylic acids is 1. The Morgan fingerprint density at radius 1 is 1.32 bits per heavy atom. The highest BCUT2D eigenvalue weighted by molar-refractivity contribution is 7.12. The van der Waals surface area contributed by atoms with Crippen molar-refractivity contribution in [1.29, 1.82) is 0 Å². The summed E-state index contributed by atoms with van der Waals surface area (Å²) in [6.07, 6.45) is 5.04. The van der Waals surface area contributed by atoms with Crippen LogP contribution < -0.4 is 5.32 Å². The summed E-state index contributed by atoms with van der Waals surface area (Å²) < 4.78 is 0. The Hall–Kier alpha value is -1.17. The predicted molar refractivity (Wildman–Crippen MR) is 91.1 cm³/mol. The summed E-state index contributed by atoms with van der Waals surface area (Å²) in [7, 11) is 0. The van der Waals surface area contributed by atoms with E-state index in [1.807, 2.05) is 29.0 Å². The highest BCUT2D eigenvalue weighted by atomic mass is 32.1. The fraction of sp³-hybridized carbons (Fsp3) is 0.471. The van der Waals surface area contributed by atoms with Gasteiger partial charge in [0, 0.05) is 16.2 Å². The molecule has 3 rings (SSSR count). The molecule has 5 heteroatoms. The predicted octanol–water partition coefficient (Wildman–Crippen LogP) is 4.09. The molecule has 1 fully saturated rings. The van der Waals surface area contributed by atoms with Gasteiger partial charge in [-0.15, -0.1) is 11.3 Å². The van der Waals surface area contributed by atoms with E-state index in [-0.39, 0.29) is 5.91 Å². The molecule has 118 valence electrons. The second-order valence-corrected chi connectivity index (χ2v) is 7.87. The van der Waals surface area contributed by atoms with Crippen LogP contribution in [0.4, 0.5) is 0 Å². The van der Waals surface area contributed by atoms with E-state index in [2.05, 4.69) is 5.32 Å². The molecule has 0 aromatic carbocycles. The van der Waals surface area contributed by atoms with Gasteiger partial charge in [0.1, 0.15) is 6.10 Å². The number of aliphatic hydroxyl groups is 1. The van der Waals surface area contributed by atoms with Gasteiger partial charge in [-0.05, 0) is 53.3 Å². The first-order valence-electron chi connectivity index (χ1n) is 7.78. The second kappa shape index (κ2) is 7.40. The van der Waals surface area contributed by atoms with Crippen LogP contribution in [0, 0.1) is 5.92 Å². The average molecular weight is 335 g/mol. The second-order valence-electron chi connectivity index (χ2n) is 5.89. The fourth-order valence-corrected chi connectivity index (χ4v) is 4.61. The fourth-order valence-electron chi connectivity index (χ4n) is 2.97. The lowest BCUT2D eigenvalue weighted by molar-refractivity contribution is -0.122. The minimum absolute atomic E-state index is 0.153. The summed E-state index contributed by atoms with van der Waals surface area (Å²) in [6.45, 7) is 0.562. The van der Waals surface area contributed by atoms with Gasteiger partial charge in [0.2, 0.25) is 5.91 Å². The topological polar surface area (TPSA) is 49.3 Å². The molecule has 0 bridgehead atoms. The van der Waals surface area contributed by atoms with E-state index in [0.717, 1.165) is 15.3 Å². The normalized spacial score (nSPS) is 16.8. The molecule has 2 aromatic rings. The number of aliphatic hydroxyl groups excluding tert-OH is 1. The van der Waals surface area contributed by atoms with Crippen LogP contribution >= 0.6 is 22.7 Å². The van der Waals surface area contributed by atoms with Gasteiger partial charge < -0.3 is 10.4 Å². The number of hydrogen-bond acceptors (Lipinski definition) is 4. The standard InChI is InChI=1S/C17H21NO2S2/c19-16(9-12-3-1-2-4-12)18-10-14-5-6-15(22-14)17(20)13-7-8-21-11-13/h5-8,11-12,17,20H,1-4,9-10H2,(H,18,19). The van der Waals surface area contributed by atoms with Crippen molar-refractivity contribution < 1.29 is 9.90 Å². The molecule has 2 heterocycles. The van der Waals surface area contributed by atoms with Gasteiger partial charge in [-0.3, -0.25) is 4.79 Å². The maximum Gasteiger partial charge on any atom is 0.220 e. The summed E-state index contributed by atoms with van der Waals surface area (Å²) in [5.74, 6) is 0.736. The molecule has 2 aromatic heterocycles. The largest absolute Gasteiger partial charge is 0.383 e. The van der Waals surface area contributed by atoms with E-state index >= 15 is 0 Å². The van der Waals surface area contributed by atoms with Crippen LogP contribution in [0.5, 0.6) is 0 Å². The molecule has 2 N–H and O–H groups in total. The van der Waals surface area contributed by atoms with E-state index in [1.54, 1.807) is 22.7 Å². The minimum Gasteiger partial charge on any atom is -0.383 e. The van der Waals surface area contributed by atoms with Crippen LogP contribution in [-0.4, -0.2) is 11.0 Å². The van der Waals surface area contributed by atoms with Gasteiger partial charge in [0.15, 0.2) is 0 Å². The summed E-state index contributed by atoms with van der Waals surface area (Å²) in [5.41, 5.74) is 0.934. The van der Waals surface area contributed by atoms with Crippen LogP contribution in [0.25, 0.3) is 0 Å². The smallest absolute Gasteiger partial charge is 0.220 e. The van der Waals surface area contributed by atoms with E-state index in [4.69, 9.17) is 0 Å². The number of rotatable bonds is 6. The van der Waals surface area contributed by atoms with Crippen LogP contribution in [0.15, 0.2) is 29.0 Å². The molecule has 1 amide bonds. The summed E-state index contributed by atoms with van der Waals surface area (Å²) in [5, 5.41) is 17.2. The molecule has 0 radical (unpaired) electrons. The van der Waals surface area contributed by atoms with Crippen LogP contribution in [0.1, 0.15) is 53.5 Å². The van der Waals surface area contributed by atoms with Crippen LogP contribution in [0.2, 0.25) is 0 Å². The van der Waals surface area contributed by atoms with E-state index < -0.39 is 6.10 Å². The molecular weight excluding hydrogens is 314 g/mol. The number of hydrogen-bond donors (Lipinski definition) is 2. The third-order valence-corrected chi connectivity index (χ3v) is 6.06. The summed E-state index contributed by atoms with van der Waals surface area (Å²) in [6, 6.07) is 5.88. The van der Waals surface area contributed by atoms with E-state index in [0.29, 0.717) is 18.9 Å². The molecule has 1 aliphatic carbocycles. The number of thiophene rings is 2. The Morgan fingerprint density at radius 3 is 2.86 bits per heavy atom. The number of nitrogens with one attached hydrogen (secondary N) is 1. The van der Waals surface area contributed by atoms with Crippen molar-refractivity contribution in [2.24, 2.45) is 5.92 Å². The average Bonchev–Trinajstić information content (AvgIpc) is 3.26. The Balaban J connectivity index is 1.50. The Labute approximate surface area is 139 Å². The van der Waals surface area contributed by atoms with E-state index in [9.17, 15) is 9.90 Å². The lowest BCUT2D eigenvalue weighted by Crippen LogP contribution is -2.24. The molecule has 3 nitrogen and oxygen atoms in total. The van der Waals surface area contributed by atoms with Gasteiger partial charge in [0.05, 0.1) is 6.54 Å². The zero-order chi connectivity index (χ0) is 15.4. The van der Waals surface area contributed by atoms with E-state index in [1.165, 1.54) is 25.7 Å². The SMILES string of the molecule is O=C(CC1CCCC1)NCc1ccc(C(O)c2ccsc2)s1. The van der Waals surface area contributed by atoms with Crippen molar-refractivity contribution in [3.8, 4) is 0 Å². The van der Waals surface area contributed by atoms with Gasteiger partial charge in [-0.25, -0.2) is 0 Å². The lowest BCUT2D eigenvalue weighted by atomic mass is 10.0. The van der Waals surface area contributed by atoms with Crippen LogP contribution in [-0.2, 0) is 11.3 Å². The molecular formula is C17H21NO2S2. The first-order chi connectivity index (χ1) is 10.7. The van der Waals surface area contributed by atoms with Crippen molar-refractivity contribution in [1.82, 2.24) is 5.32 Å². The Kier molecular flexibility index (Phi) is 5.28. The Bertz CT molecular complexity index is 600. The van der Waals surface area contributed by atoms with Crippen molar-refractivity contribution in [3.63, 3.8) is 0 Å². The molecule has 0 aliphatic heterocycles. The van der Waals surface area contributed by atoms with Gasteiger partial charge in [0.25, 0.3) is 0 Å². The molecule has 1 atom stereocenters. The first-order valence-corrected chi connectivity index (χ1v) is 9.54. The zero-order valence-corrected chi connectivity index (χ0v) is 14.1. The van der Waals surface area contributed by atoms with Crippen molar-refractivity contribution in [2.45, 2.75) is 44.8 Å². The number of carbonyl (C=O) groups is 1. The number of amides is 1.